The highest BCUT2D eigenvalue weighted by Crippen LogP contribution is 2.18. The molecule has 18 heavy (non-hydrogen) atoms. The molecule has 94 valence electrons. The number of nitrogens with two attached hydrogens (primary N) is 1. The van der Waals surface area contributed by atoms with Gasteiger partial charge in [0.2, 0.25) is 5.76 Å². The Labute approximate surface area is 103 Å². The zero-order chi connectivity index (χ0) is 13.3. The van der Waals surface area contributed by atoms with Crippen LogP contribution in [0.1, 0.15) is 22.1 Å². The number of halogens is 1. The van der Waals surface area contributed by atoms with Gasteiger partial charge in [-0.05, 0) is 25.1 Å². The van der Waals surface area contributed by atoms with Gasteiger partial charge in [0.25, 0.3) is 5.91 Å². The molecular formula is C12H12FN3O2. The molecule has 0 aliphatic heterocycles. The summed E-state index contributed by atoms with van der Waals surface area (Å²) >= 11 is 0. The Balaban J connectivity index is 2.21. The monoisotopic (exact) mass is 249 g/mol. The minimum Gasteiger partial charge on any atom is -0.436 e. The molecule has 1 aromatic carbocycles. The summed E-state index contributed by atoms with van der Waals surface area (Å²) in [4.78, 5) is 15.9. The van der Waals surface area contributed by atoms with Gasteiger partial charge in [-0.25, -0.2) is 9.37 Å². The molecule has 0 saturated heterocycles. The molecule has 0 aliphatic carbocycles. The van der Waals surface area contributed by atoms with Crippen molar-refractivity contribution in [2.45, 2.75) is 13.8 Å². The molecule has 5 nitrogen and oxygen atoms in total. The van der Waals surface area contributed by atoms with E-state index in [9.17, 15) is 9.18 Å². The number of hydrogen-bond acceptors (Lipinski definition) is 4. The molecule has 0 radical (unpaired) electrons. The summed E-state index contributed by atoms with van der Waals surface area (Å²) in [6.07, 6.45) is 0. The second kappa shape index (κ2) is 4.48. The number of hydrogen-bond donors (Lipinski definition) is 2. The van der Waals surface area contributed by atoms with Crippen molar-refractivity contribution in [1.82, 2.24) is 4.98 Å². The summed E-state index contributed by atoms with van der Waals surface area (Å²) in [6, 6.07) is 3.94. The van der Waals surface area contributed by atoms with E-state index in [-0.39, 0.29) is 11.4 Å². The average molecular weight is 249 g/mol. The maximum Gasteiger partial charge on any atom is 0.293 e. The average Bonchev–Trinajstić information content (AvgIpc) is 2.63. The smallest absolute Gasteiger partial charge is 0.293 e. The van der Waals surface area contributed by atoms with E-state index in [1.54, 1.807) is 13.8 Å². The van der Waals surface area contributed by atoms with Crippen molar-refractivity contribution in [2.24, 2.45) is 0 Å². The summed E-state index contributed by atoms with van der Waals surface area (Å²) in [6.45, 7) is 3.32. The van der Waals surface area contributed by atoms with Gasteiger partial charge >= 0.3 is 0 Å². The van der Waals surface area contributed by atoms with Crippen molar-refractivity contribution in [2.75, 3.05) is 11.1 Å². The van der Waals surface area contributed by atoms with Gasteiger partial charge in [0.05, 0.1) is 11.4 Å². The first-order valence-electron chi connectivity index (χ1n) is 5.28. The van der Waals surface area contributed by atoms with Crippen molar-refractivity contribution in [3.05, 3.63) is 41.4 Å². The second-order valence-corrected chi connectivity index (χ2v) is 3.84. The van der Waals surface area contributed by atoms with Crippen molar-refractivity contribution >= 4 is 17.3 Å². The normalized spacial score (nSPS) is 10.4. The van der Waals surface area contributed by atoms with Gasteiger partial charge in [0.1, 0.15) is 5.82 Å². The van der Waals surface area contributed by atoms with Crippen LogP contribution in [0.3, 0.4) is 0 Å². The second-order valence-electron chi connectivity index (χ2n) is 3.84. The number of carbonyl (C=O) groups excluding carboxylic acids is 1. The predicted molar refractivity (Wildman–Crippen MR) is 64.7 cm³/mol. The summed E-state index contributed by atoms with van der Waals surface area (Å²) in [7, 11) is 0. The molecule has 2 aromatic rings. The molecule has 0 atom stereocenters. The Kier molecular flexibility index (Phi) is 3.01. The van der Waals surface area contributed by atoms with Crippen LogP contribution in [0, 0.1) is 19.7 Å². The Morgan fingerprint density at radius 1 is 1.44 bits per heavy atom. The predicted octanol–water partition coefficient (Wildman–Crippen LogP) is 2.27. The van der Waals surface area contributed by atoms with Crippen LogP contribution in [-0.4, -0.2) is 10.9 Å². The molecule has 3 N–H and O–H groups in total. The first-order valence-corrected chi connectivity index (χ1v) is 5.28. The van der Waals surface area contributed by atoms with E-state index >= 15 is 0 Å². The minimum absolute atomic E-state index is 0.0294. The molecule has 1 heterocycles. The quantitative estimate of drug-likeness (QED) is 0.800. The summed E-state index contributed by atoms with van der Waals surface area (Å²) < 4.78 is 18.1. The highest BCUT2D eigenvalue weighted by atomic mass is 19.1. The SMILES string of the molecule is Cc1nc(C)c(C(=O)Nc2ccc(F)c(N)c2)o1. The van der Waals surface area contributed by atoms with Crippen LogP contribution >= 0.6 is 0 Å². The topological polar surface area (TPSA) is 81.2 Å². The van der Waals surface area contributed by atoms with Crippen molar-refractivity contribution in [1.29, 1.82) is 0 Å². The van der Waals surface area contributed by atoms with Gasteiger partial charge < -0.3 is 15.5 Å². The standard InChI is InChI=1S/C12H12FN3O2/c1-6-11(18-7(2)15-6)12(17)16-8-3-4-9(13)10(14)5-8/h3-5H,14H2,1-2H3,(H,16,17). The van der Waals surface area contributed by atoms with Crippen molar-refractivity contribution < 1.29 is 13.6 Å². The molecular weight excluding hydrogens is 237 g/mol. The number of rotatable bonds is 2. The van der Waals surface area contributed by atoms with Crippen LogP contribution in [-0.2, 0) is 0 Å². The van der Waals surface area contributed by atoms with Gasteiger partial charge in [0, 0.05) is 12.6 Å². The minimum atomic E-state index is -0.528. The highest BCUT2D eigenvalue weighted by molar-refractivity contribution is 6.03. The molecule has 2 rings (SSSR count). The number of benzene rings is 1. The zero-order valence-electron chi connectivity index (χ0n) is 9.95. The largest absolute Gasteiger partial charge is 0.436 e. The molecule has 0 fully saturated rings. The molecule has 0 aliphatic rings. The van der Waals surface area contributed by atoms with E-state index < -0.39 is 11.7 Å². The fourth-order valence-electron chi connectivity index (χ4n) is 1.55. The van der Waals surface area contributed by atoms with Crippen LogP contribution in [0.25, 0.3) is 0 Å². The Hall–Kier alpha value is -2.37. The van der Waals surface area contributed by atoms with Gasteiger partial charge in [-0.3, -0.25) is 4.79 Å². The number of nitrogen functional groups attached to an aromatic ring is 1. The Morgan fingerprint density at radius 2 is 2.17 bits per heavy atom. The molecule has 1 aromatic heterocycles. The number of amides is 1. The van der Waals surface area contributed by atoms with E-state index in [4.69, 9.17) is 10.2 Å². The van der Waals surface area contributed by atoms with Crippen LogP contribution in [0.15, 0.2) is 22.6 Å². The lowest BCUT2D eigenvalue weighted by molar-refractivity contribution is 0.0994. The van der Waals surface area contributed by atoms with Gasteiger partial charge in [-0.1, -0.05) is 0 Å². The van der Waals surface area contributed by atoms with Crippen molar-refractivity contribution in [3.63, 3.8) is 0 Å². The molecule has 0 saturated carbocycles. The number of carbonyl (C=O) groups is 1. The molecule has 1 amide bonds. The number of nitrogens with zero attached hydrogens (tertiary/aromatic N) is 1. The number of anilines is 2. The number of aryl methyl sites for hydroxylation is 2. The van der Waals surface area contributed by atoms with E-state index in [0.29, 0.717) is 17.3 Å². The van der Waals surface area contributed by atoms with E-state index in [0.717, 1.165) is 0 Å². The summed E-state index contributed by atoms with van der Waals surface area (Å²) in [5.41, 5.74) is 6.27. The zero-order valence-corrected chi connectivity index (χ0v) is 9.95. The summed E-state index contributed by atoms with van der Waals surface area (Å²) in [5.74, 6) is -0.425. The lowest BCUT2D eigenvalue weighted by Gasteiger charge is -2.04. The van der Waals surface area contributed by atoms with Gasteiger partial charge in [0.15, 0.2) is 5.89 Å². The molecule has 0 bridgehead atoms. The number of oxazole rings is 1. The lowest BCUT2D eigenvalue weighted by Crippen LogP contribution is -2.12. The molecule has 0 unspecified atom stereocenters. The Morgan fingerprint density at radius 3 is 2.72 bits per heavy atom. The van der Waals surface area contributed by atoms with Gasteiger partial charge in [-0.15, -0.1) is 0 Å². The lowest BCUT2D eigenvalue weighted by atomic mass is 10.2. The van der Waals surface area contributed by atoms with Crippen LogP contribution in [0.5, 0.6) is 0 Å². The number of aromatic nitrogens is 1. The van der Waals surface area contributed by atoms with E-state index in [1.165, 1.54) is 18.2 Å². The first kappa shape index (κ1) is 12.1. The first-order chi connectivity index (χ1) is 8.47. The third kappa shape index (κ3) is 2.32. The third-order valence-electron chi connectivity index (χ3n) is 2.36. The molecule has 6 heteroatoms. The maximum atomic E-state index is 13.0. The van der Waals surface area contributed by atoms with E-state index in [2.05, 4.69) is 10.3 Å². The maximum absolute atomic E-state index is 13.0. The van der Waals surface area contributed by atoms with Gasteiger partial charge in [-0.2, -0.15) is 0 Å². The third-order valence-corrected chi connectivity index (χ3v) is 2.36. The van der Waals surface area contributed by atoms with E-state index in [1.807, 2.05) is 0 Å². The van der Waals surface area contributed by atoms with Crippen LogP contribution < -0.4 is 11.1 Å². The van der Waals surface area contributed by atoms with Crippen LogP contribution in [0.4, 0.5) is 15.8 Å². The summed E-state index contributed by atoms with van der Waals surface area (Å²) in [5, 5.41) is 2.56. The van der Waals surface area contributed by atoms with Crippen LogP contribution in [0.2, 0.25) is 0 Å². The van der Waals surface area contributed by atoms with Crippen molar-refractivity contribution in [3.8, 4) is 0 Å². The Bertz CT molecular complexity index is 607. The fraction of sp³-hybridized carbons (Fsp3) is 0.167. The number of nitrogens with one attached hydrogen (secondary N) is 1. The molecule has 0 spiro atoms. The highest BCUT2D eigenvalue weighted by Gasteiger charge is 2.16. The fourth-order valence-corrected chi connectivity index (χ4v) is 1.55.